The second-order valence-corrected chi connectivity index (χ2v) is 6.03. The van der Waals surface area contributed by atoms with Crippen LogP contribution >= 0.6 is 0 Å². The van der Waals surface area contributed by atoms with E-state index in [0.29, 0.717) is 5.92 Å². The molecule has 0 bridgehead atoms. The van der Waals surface area contributed by atoms with E-state index >= 15 is 0 Å². The van der Waals surface area contributed by atoms with Gasteiger partial charge in [-0.05, 0) is 47.2 Å². The van der Waals surface area contributed by atoms with Crippen molar-refractivity contribution in [3.63, 3.8) is 0 Å². The van der Waals surface area contributed by atoms with Gasteiger partial charge in [0.25, 0.3) is 0 Å². The molecule has 0 aromatic heterocycles. The van der Waals surface area contributed by atoms with Crippen molar-refractivity contribution in [3.8, 4) is 11.1 Å². The summed E-state index contributed by atoms with van der Waals surface area (Å²) in [6, 6.07) is 15.4. The summed E-state index contributed by atoms with van der Waals surface area (Å²) in [5.41, 5.74) is 6.90. The maximum Gasteiger partial charge on any atom is 0.0406 e. The number of hydrogen-bond donors (Lipinski definition) is 2. The van der Waals surface area contributed by atoms with Gasteiger partial charge in [-0.3, -0.25) is 0 Å². The molecule has 2 aromatic rings. The van der Waals surface area contributed by atoms with Gasteiger partial charge in [-0.15, -0.1) is 0 Å². The highest BCUT2D eigenvalue weighted by Gasteiger charge is 2.34. The predicted octanol–water partition coefficient (Wildman–Crippen LogP) is 3.39. The fourth-order valence-corrected chi connectivity index (χ4v) is 3.69. The topological polar surface area (TPSA) is 24.1 Å². The van der Waals surface area contributed by atoms with E-state index in [0.717, 1.165) is 25.6 Å². The smallest absolute Gasteiger partial charge is 0.0406 e. The van der Waals surface area contributed by atoms with Crippen LogP contribution in [0.25, 0.3) is 11.1 Å². The SMILES string of the molecule is Cc1cc(-c2ccccc2)cc2c1NC[C@H]1CNC[C@@H]21. The van der Waals surface area contributed by atoms with Crippen molar-refractivity contribution in [1.29, 1.82) is 0 Å². The van der Waals surface area contributed by atoms with Crippen LogP contribution in [0, 0.1) is 12.8 Å². The van der Waals surface area contributed by atoms with Gasteiger partial charge in [0.2, 0.25) is 0 Å². The zero-order chi connectivity index (χ0) is 13.5. The average Bonchev–Trinajstić information content (AvgIpc) is 2.97. The zero-order valence-electron chi connectivity index (χ0n) is 11.8. The van der Waals surface area contributed by atoms with E-state index in [9.17, 15) is 0 Å². The number of hydrogen-bond acceptors (Lipinski definition) is 2. The summed E-state index contributed by atoms with van der Waals surface area (Å²) < 4.78 is 0. The van der Waals surface area contributed by atoms with E-state index in [1.165, 1.54) is 27.9 Å². The molecule has 2 aromatic carbocycles. The van der Waals surface area contributed by atoms with Crippen LogP contribution in [0.3, 0.4) is 0 Å². The third kappa shape index (κ3) is 1.83. The summed E-state index contributed by atoms with van der Waals surface area (Å²) in [7, 11) is 0. The van der Waals surface area contributed by atoms with Crippen LogP contribution in [0.1, 0.15) is 17.0 Å². The first-order valence-electron chi connectivity index (χ1n) is 7.47. The Bertz CT molecular complexity index is 633. The lowest BCUT2D eigenvalue weighted by Gasteiger charge is -2.30. The van der Waals surface area contributed by atoms with Crippen LogP contribution in [-0.2, 0) is 0 Å². The number of rotatable bonds is 1. The summed E-state index contributed by atoms with van der Waals surface area (Å²) in [5.74, 6) is 1.42. The maximum absolute atomic E-state index is 3.64. The quantitative estimate of drug-likeness (QED) is 0.825. The Morgan fingerprint density at radius 2 is 1.80 bits per heavy atom. The van der Waals surface area contributed by atoms with Gasteiger partial charge < -0.3 is 10.6 Å². The minimum Gasteiger partial charge on any atom is -0.384 e. The van der Waals surface area contributed by atoms with Gasteiger partial charge in [-0.25, -0.2) is 0 Å². The van der Waals surface area contributed by atoms with Gasteiger partial charge in [-0.2, -0.15) is 0 Å². The molecule has 2 atom stereocenters. The maximum atomic E-state index is 3.64. The van der Waals surface area contributed by atoms with E-state index in [2.05, 4.69) is 60.0 Å². The lowest BCUT2D eigenvalue weighted by molar-refractivity contribution is 0.529. The molecule has 102 valence electrons. The molecule has 20 heavy (non-hydrogen) atoms. The monoisotopic (exact) mass is 264 g/mol. The summed E-state index contributed by atoms with van der Waals surface area (Å²) in [4.78, 5) is 0. The molecule has 4 rings (SSSR count). The average molecular weight is 264 g/mol. The number of anilines is 1. The van der Waals surface area contributed by atoms with Gasteiger partial charge in [0.15, 0.2) is 0 Å². The molecule has 1 fully saturated rings. The predicted molar refractivity (Wildman–Crippen MR) is 84.2 cm³/mol. The molecule has 0 unspecified atom stereocenters. The second kappa shape index (κ2) is 4.64. The Labute approximate surface area is 120 Å². The Hall–Kier alpha value is -1.80. The van der Waals surface area contributed by atoms with Gasteiger partial charge in [0, 0.05) is 31.2 Å². The first-order valence-corrected chi connectivity index (χ1v) is 7.47. The van der Waals surface area contributed by atoms with Crippen molar-refractivity contribution in [2.75, 3.05) is 25.0 Å². The van der Waals surface area contributed by atoms with Crippen molar-refractivity contribution in [2.24, 2.45) is 5.92 Å². The highest BCUT2D eigenvalue weighted by molar-refractivity contribution is 5.73. The van der Waals surface area contributed by atoms with Gasteiger partial charge in [-0.1, -0.05) is 30.3 Å². The van der Waals surface area contributed by atoms with Crippen LogP contribution in [0.4, 0.5) is 5.69 Å². The van der Waals surface area contributed by atoms with E-state index in [1.807, 2.05) is 0 Å². The lowest BCUT2D eigenvalue weighted by Crippen LogP contribution is -2.27. The van der Waals surface area contributed by atoms with Crippen molar-refractivity contribution >= 4 is 5.69 Å². The van der Waals surface area contributed by atoms with Crippen LogP contribution < -0.4 is 10.6 Å². The lowest BCUT2D eigenvalue weighted by atomic mass is 9.82. The van der Waals surface area contributed by atoms with Gasteiger partial charge in [0.1, 0.15) is 0 Å². The fourth-order valence-electron chi connectivity index (χ4n) is 3.69. The summed E-state index contributed by atoms with van der Waals surface area (Å²) in [6.07, 6.45) is 0. The van der Waals surface area contributed by atoms with E-state index in [1.54, 1.807) is 0 Å². The molecule has 1 saturated heterocycles. The number of nitrogens with one attached hydrogen (secondary N) is 2. The molecule has 0 saturated carbocycles. The summed E-state index contributed by atoms with van der Waals surface area (Å²) >= 11 is 0. The summed E-state index contributed by atoms with van der Waals surface area (Å²) in [6.45, 7) is 5.60. The molecular weight excluding hydrogens is 244 g/mol. The van der Waals surface area contributed by atoms with Crippen LogP contribution in [0.5, 0.6) is 0 Å². The minimum absolute atomic E-state index is 0.675. The summed E-state index contributed by atoms with van der Waals surface area (Å²) in [5, 5.41) is 7.18. The van der Waals surface area contributed by atoms with Crippen LogP contribution in [0.15, 0.2) is 42.5 Å². The number of aryl methyl sites for hydroxylation is 1. The molecule has 0 aliphatic carbocycles. The second-order valence-electron chi connectivity index (χ2n) is 6.03. The standard InChI is InChI=1S/C18H20N2/c1-12-7-14(13-5-3-2-4-6-13)8-16-17-11-19-9-15(17)10-20-18(12)16/h2-8,15,17,19-20H,9-11H2,1H3/t15-,17-/m1/s1. The highest BCUT2D eigenvalue weighted by Crippen LogP contribution is 2.41. The third-order valence-electron chi connectivity index (χ3n) is 4.75. The number of benzene rings is 2. The van der Waals surface area contributed by atoms with E-state index in [-0.39, 0.29) is 0 Å². The Morgan fingerprint density at radius 1 is 0.950 bits per heavy atom. The zero-order valence-corrected chi connectivity index (χ0v) is 11.8. The van der Waals surface area contributed by atoms with Gasteiger partial charge >= 0.3 is 0 Å². The largest absolute Gasteiger partial charge is 0.384 e. The molecule has 0 radical (unpaired) electrons. The van der Waals surface area contributed by atoms with Crippen molar-refractivity contribution in [1.82, 2.24) is 5.32 Å². The van der Waals surface area contributed by atoms with Crippen molar-refractivity contribution < 1.29 is 0 Å². The molecule has 2 nitrogen and oxygen atoms in total. The van der Waals surface area contributed by atoms with E-state index in [4.69, 9.17) is 0 Å². The fraction of sp³-hybridized carbons (Fsp3) is 0.333. The molecule has 2 N–H and O–H groups in total. The first kappa shape index (κ1) is 12.0. The van der Waals surface area contributed by atoms with E-state index < -0.39 is 0 Å². The van der Waals surface area contributed by atoms with Crippen LogP contribution in [-0.4, -0.2) is 19.6 Å². The molecule has 2 aliphatic rings. The Balaban J connectivity index is 1.85. The Kier molecular flexibility index (Phi) is 2.78. The third-order valence-corrected chi connectivity index (χ3v) is 4.75. The molecule has 2 heteroatoms. The molecule has 2 aliphatic heterocycles. The first-order chi connectivity index (χ1) is 9.83. The van der Waals surface area contributed by atoms with Crippen molar-refractivity contribution in [3.05, 3.63) is 53.6 Å². The number of fused-ring (bicyclic) bond motifs is 3. The molecule has 0 spiro atoms. The molecule has 2 heterocycles. The minimum atomic E-state index is 0.675. The molecular formula is C18H20N2. The Morgan fingerprint density at radius 3 is 2.65 bits per heavy atom. The normalized spacial score (nSPS) is 23.9. The van der Waals surface area contributed by atoms with Gasteiger partial charge in [0.05, 0.1) is 0 Å². The highest BCUT2D eigenvalue weighted by atomic mass is 15.0. The molecule has 0 amide bonds. The van der Waals surface area contributed by atoms with Crippen LogP contribution in [0.2, 0.25) is 0 Å². The van der Waals surface area contributed by atoms with Crippen molar-refractivity contribution in [2.45, 2.75) is 12.8 Å².